The smallest absolute Gasteiger partial charge is 0.227 e. The highest BCUT2D eigenvalue weighted by atomic mass is 32.1. The molecule has 0 amide bonds. The van der Waals surface area contributed by atoms with E-state index in [1.54, 1.807) is 0 Å². The number of nitrogens with zero attached hydrogens (tertiary/aromatic N) is 2. The van der Waals surface area contributed by atoms with Crippen molar-refractivity contribution in [3.8, 4) is 11.5 Å². The van der Waals surface area contributed by atoms with E-state index in [4.69, 9.17) is 9.40 Å². The van der Waals surface area contributed by atoms with Crippen LogP contribution in [0.5, 0.6) is 0 Å². The quantitative estimate of drug-likeness (QED) is 0.184. The number of hydrogen-bond donors (Lipinski definition) is 0. The summed E-state index contributed by atoms with van der Waals surface area (Å²) in [5.41, 5.74) is 5.98. The maximum absolute atomic E-state index is 6.56. The number of hydrogen-bond acceptors (Lipinski definition) is 4. The van der Waals surface area contributed by atoms with Gasteiger partial charge in [-0.05, 0) is 76.1 Å². The molecule has 0 atom stereocenters. The maximum atomic E-state index is 6.56. The summed E-state index contributed by atoms with van der Waals surface area (Å²) in [6, 6.07) is 56.3. The van der Waals surface area contributed by atoms with Crippen LogP contribution in [0.25, 0.3) is 75.0 Å². The molecular weight excluding hydrogens is 593 g/mol. The Morgan fingerprint density at radius 1 is 0.489 bits per heavy atom. The lowest BCUT2D eigenvalue weighted by atomic mass is 9.99. The average Bonchev–Trinajstić information content (AvgIpc) is 3.74. The molecule has 0 aliphatic heterocycles. The average molecular weight is 619 g/mol. The van der Waals surface area contributed by atoms with Gasteiger partial charge in [-0.25, -0.2) is 4.98 Å². The molecule has 10 rings (SSSR count). The molecule has 0 radical (unpaired) electrons. The lowest BCUT2D eigenvalue weighted by Crippen LogP contribution is -2.10. The number of anilines is 3. The van der Waals surface area contributed by atoms with E-state index in [-0.39, 0.29) is 0 Å². The number of fused-ring (bicyclic) bond motifs is 9. The van der Waals surface area contributed by atoms with Crippen molar-refractivity contribution < 1.29 is 4.42 Å². The molecule has 0 aliphatic carbocycles. The first kappa shape index (κ1) is 26.3. The second-order valence-corrected chi connectivity index (χ2v) is 13.1. The van der Waals surface area contributed by atoms with Gasteiger partial charge in [-0.3, -0.25) is 0 Å². The summed E-state index contributed by atoms with van der Waals surface area (Å²) in [7, 11) is 0. The van der Waals surface area contributed by atoms with Gasteiger partial charge < -0.3 is 9.32 Å². The van der Waals surface area contributed by atoms with Crippen LogP contribution in [-0.2, 0) is 0 Å². The molecule has 0 saturated carbocycles. The molecule has 0 fully saturated rings. The van der Waals surface area contributed by atoms with Gasteiger partial charge in [0.05, 0.1) is 5.69 Å². The Balaban J connectivity index is 1.24. The largest absolute Gasteiger partial charge is 0.435 e. The predicted molar refractivity (Wildman–Crippen MR) is 200 cm³/mol. The molecule has 0 aliphatic rings. The fraction of sp³-hybridized carbons (Fsp3) is 0. The van der Waals surface area contributed by atoms with Gasteiger partial charge in [0.2, 0.25) is 5.89 Å². The number of aromatic nitrogens is 1. The number of oxazole rings is 1. The molecule has 8 aromatic carbocycles. The Kier molecular flexibility index (Phi) is 5.74. The summed E-state index contributed by atoms with van der Waals surface area (Å²) in [4.78, 5) is 7.30. The van der Waals surface area contributed by atoms with Gasteiger partial charge in [-0.2, -0.15) is 0 Å². The van der Waals surface area contributed by atoms with Gasteiger partial charge in [0.1, 0.15) is 5.52 Å². The van der Waals surface area contributed by atoms with Crippen molar-refractivity contribution >= 4 is 92.0 Å². The standard InChI is InChI=1S/C43H26N2OS/c1-2-10-30(11-3-1)43-44-37-24-20-29-18-17-28-19-21-31(25-36(28)41(29)42(37)46-43)45(38-15-8-12-27-9-4-5-13-33(27)38)32-22-23-35-34-14-6-7-16-39(34)47-40(35)26-32/h1-26H. The minimum Gasteiger partial charge on any atom is -0.435 e. The van der Waals surface area contributed by atoms with Gasteiger partial charge in [-0.15, -0.1) is 11.3 Å². The van der Waals surface area contributed by atoms with E-state index in [9.17, 15) is 0 Å². The monoisotopic (exact) mass is 618 g/mol. The Hall–Kier alpha value is -5.97. The number of rotatable bonds is 4. The minimum absolute atomic E-state index is 0.635. The molecule has 0 spiro atoms. The van der Waals surface area contributed by atoms with E-state index in [0.29, 0.717) is 5.89 Å². The molecule has 3 nitrogen and oxygen atoms in total. The van der Waals surface area contributed by atoms with Gasteiger partial charge in [-0.1, -0.05) is 103 Å². The molecule has 2 heterocycles. The summed E-state index contributed by atoms with van der Waals surface area (Å²) in [5, 5.41) is 9.50. The summed E-state index contributed by atoms with van der Waals surface area (Å²) in [5.74, 6) is 0.635. The van der Waals surface area contributed by atoms with E-state index in [1.165, 1.54) is 30.9 Å². The first-order valence-corrected chi connectivity index (χ1v) is 16.6. The third-order valence-electron chi connectivity index (χ3n) is 9.25. The summed E-state index contributed by atoms with van der Waals surface area (Å²) >= 11 is 1.85. The Morgan fingerprint density at radius 2 is 1.17 bits per heavy atom. The molecule has 0 saturated heterocycles. The molecule has 4 heteroatoms. The zero-order valence-corrected chi connectivity index (χ0v) is 26.0. The number of thiophene rings is 1. The first-order chi connectivity index (χ1) is 23.3. The Bertz CT molecular complexity index is 2810. The van der Waals surface area contributed by atoms with Crippen molar-refractivity contribution in [3.05, 3.63) is 158 Å². The highest BCUT2D eigenvalue weighted by Gasteiger charge is 2.19. The van der Waals surface area contributed by atoms with E-state index < -0.39 is 0 Å². The summed E-state index contributed by atoms with van der Waals surface area (Å²) in [6.07, 6.45) is 0. The van der Waals surface area contributed by atoms with Crippen LogP contribution in [0.2, 0.25) is 0 Å². The van der Waals surface area contributed by atoms with Crippen LogP contribution in [0.4, 0.5) is 17.1 Å². The molecule has 0 bridgehead atoms. The predicted octanol–water partition coefficient (Wildman–Crippen LogP) is 12.8. The summed E-state index contributed by atoms with van der Waals surface area (Å²) in [6.45, 7) is 0. The van der Waals surface area contributed by atoms with Gasteiger partial charge in [0.25, 0.3) is 0 Å². The van der Waals surface area contributed by atoms with Crippen LogP contribution in [0, 0.1) is 0 Å². The number of benzene rings is 8. The maximum Gasteiger partial charge on any atom is 0.227 e. The highest BCUT2D eigenvalue weighted by molar-refractivity contribution is 7.25. The molecule has 0 unspecified atom stereocenters. The minimum atomic E-state index is 0.635. The first-order valence-electron chi connectivity index (χ1n) is 15.8. The van der Waals surface area contributed by atoms with Crippen LogP contribution in [0.1, 0.15) is 0 Å². The zero-order valence-electron chi connectivity index (χ0n) is 25.2. The van der Waals surface area contributed by atoms with Crippen molar-refractivity contribution in [2.24, 2.45) is 0 Å². The van der Waals surface area contributed by atoms with Crippen LogP contribution >= 0.6 is 11.3 Å². The van der Waals surface area contributed by atoms with Crippen LogP contribution < -0.4 is 4.90 Å². The van der Waals surface area contributed by atoms with E-state index in [0.717, 1.165) is 55.3 Å². The second kappa shape index (κ2) is 10.3. The normalized spacial score (nSPS) is 11.8. The van der Waals surface area contributed by atoms with Crippen molar-refractivity contribution in [1.29, 1.82) is 0 Å². The highest BCUT2D eigenvalue weighted by Crippen LogP contribution is 2.44. The zero-order chi connectivity index (χ0) is 30.9. The topological polar surface area (TPSA) is 29.3 Å². The van der Waals surface area contributed by atoms with E-state index >= 15 is 0 Å². The van der Waals surface area contributed by atoms with Crippen LogP contribution in [0.3, 0.4) is 0 Å². The van der Waals surface area contributed by atoms with Gasteiger partial charge >= 0.3 is 0 Å². The Morgan fingerprint density at radius 3 is 2.11 bits per heavy atom. The Labute approximate surface area is 274 Å². The second-order valence-electron chi connectivity index (χ2n) is 12.0. The van der Waals surface area contributed by atoms with E-state index in [1.807, 2.05) is 41.7 Å². The third-order valence-corrected chi connectivity index (χ3v) is 10.4. The third kappa shape index (κ3) is 4.16. The van der Waals surface area contributed by atoms with Gasteiger partial charge in [0, 0.05) is 47.9 Å². The van der Waals surface area contributed by atoms with Crippen molar-refractivity contribution in [2.45, 2.75) is 0 Å². The lowest BCUT2D eigenvalue weighted by Gasteiger charge is -2.27. The lowest BCUT2D eigenvalue weighted by molar-refractivity contribution is 0.623. The molecule has 47 heavy (non-hydrogen) atoms. The van der Waals surface area contributed by atoms with Crippen molar-refractivity contribution in [1.82, 2.24) is 4.98 Å². The summed E-state index contributed by atoms with van der Waals surface area (Å²) < 4.78 is 9.14. The SMILES string of the molecule is c1ccc(-c2nc3ccc4ccc5ccc(N(c6ccc7c(c6)sc6ccccc67)c6cccc7ccccc67)cc5c4c3o2)cc1. The fourth-order valence-corrected chi connectivity index (χ4v) is 8.18. The van der Waals surface area contributed by atoms with Crippen LogP contribution in [0.15, 0.2) is 162 Å². The van der Waals surface area contributed by atoms with Crippen LogP contribution in [-0.4, -0.2) is 4.98 Å². The van der Waals surface area contributed by atoms with Crippen molar-refractivity contribution in [3.63, 3.8) is 0 Å². The van der Waals surface area contributed by atoms with E-state index in [2.05, 4.69) is 132 Å². The molecule has 0 N–H and O–H groups in total. The fourth-order valence-electron chi connectivity index (χ4n) is 7.04. The molecule has 10 aromatic rings. The molecule has 220 valence electrons. The van der Waals surface area contributed by atoms with Crippen molar-refractivity contribution in [2.75, 3.05) is 4.90 Å². The molecule has 2 aromatic heterocycles. The van der Waals surface area contributed by atoms with Gasteiger partial charge in [0.15, 0.2) is 5.58 Å². The molecular formula is C43H26N2OS.